The first kappa shape index (κ1) is 7.62. The van der Waals surface area contributed by atoms with Crippen LogP contribution in [0, 0.1) is 0 Å². The molecule has 0 radical (unpaired) electrons. The predicted octanol–water partition coefficient (Wildman–Crippen LogP) is 1.52. The van der Waals surface area contributed by atoms with Crippen LogP contribution in [0.3, 0.4) is 0 Å². The van der Waals surface area contributed by atoms with Gasteiger partial charge in [-0.05, 0) is 12.1 Å². The number of phenols is 1. The highest BCUT2D eigenvalue weighted by atomic mass is 16.3. The SMILES string of the molecule is C[N+]1(C)CCc2ccc(O)cc21. The maximum atomic E-state index is 9.32. The molecule has 0 saturated heterocycles. The van der Waals surface area contributed by atoms with Crippen LogP contribution in [0.5, 0.6) is 5.75 Å². The molecule has 0 amide bonds. The van der Waals surface area contributed by atoms with E-state index in [1.54, 1.807) is 6.07 Å². The minimum Gasteiger partial charge on any atom is -0.508 e. The molecule has 2 nitrogen and oxygen atoms in total. The normalized spacial score (nSPS) is 19.2. The van der Waals surface area contributed by atoms with Gasteiger partial charge in [0.05, 0.1) is 20.6 Å². The fraction of sp³-hybridized carbons (Fsp3) is 0.400. The lowest BCUT2D eigenvalue weighted by Gasteiger charge is -2.23. The largest absolute Gasteiger partial charge is 0.508 e. The summed E-state index contributed by atoms with van der Waals surface area (Å²) in [7, 11) is 4.34. The van der Waals surface area contributed by atoms with Crippen LogP contribution in [0.2, 0.25) is 0 Å². The maximum absolute atomic E-state index is 9.32. The number of quaternary nitrogens is 1. The fourth-order valence-corrected chi connectivity index (χ4v) is 1.85. The summed E-state index contributed by atoms with van der Waals surface area (Å²) in [4.78, 5) is 0. The van der Waals surface area contributed by atoms with Crippen molar-refractivity contribution in [3.05, 3.63) is 23.8 Å². The number of aromatic hydroxyl groups is 1. The topological polar surface area (TPSA) is 20.2 Å². The molecule has 0 aromatic heterocycles. The zero-order valence-electron chi connectivity index (χ0n) is 7.54. The van der Waals surface area contributed by atoms with Gasteiger partial charge in [0.2, 0.25) is 0 Å². The molecule has 1 aliphatic heterocycles. The molecule has 0 bridgehead atoms. The van der Waals surface area contributed by atoms with Crippen LogP contribution in [0.25, 0.3) is 0 Å². The number of hydrogen-bond donors (Lipinski definition) is 1. The highest BCUT2D eigenvalue weighted by Crippen LogP contribution is 2.33. The number of benzene rings is 1. The summed E-state index contributed by atoms with van der Waals surface area (Å²) in [5, 5.41) is 9.32. The van der Waals surface area contributed by atoms with Crippen molar-refractivity contribution >= 4 is 5.69 Å². The van der Waals surface area contributed by atoms with Crippen molar-refractivity contribution < 1.29 is 5.11 Å². The Morgan fingerprint density at radius 3 is 2.83 bits per heavy atom. The van der Waals surface area contributed by atoms with Gasteiger partial charge >= 0.3 is 0 Å². The van der Waals surface area contributed by atoms with Gasteiger partial charge in [0, 0.05) is 18.1 Å². The van der Waals surface area contributed by atoms with Gasteiger partial charge < -0.3 is 5.11 Å². The maximum Gasteiger partial charge on any atom is 0.139 e. The Balaban J connectivity index is 2.57. The molecule has 0 aliphatic carbocycles. The first-order chi connectivity index (χ1) is 5.59. The number of fused-ring (bicyclic) bond motifs is 1. The molecule has 1 heterocycles. The van der Waals surface area contributed by atoms with E-state index in [9.17, 15) is 5.11 Å². The average Bonchev–Trinajstić information content (AvgIpc) is 2.28. The minimum absolute atomic E-state index is 0.377. The second kappa shape index (κ2) is 2.23. The molecule has 0 unspecified atom stereocenters. The summed E-state index contributed by atoms with van der Waals surface area (Å²) < 4.78 is 0.893. The Labute approximate surface area is 72.6 Å². The van der Waals surface area contributed by atoms with E-state index in [4.69, 9.17) is 0 Å². The third kappa shape index (κ3) is 0.994. The van der Waals surface area contributed by atoms with Crippen LogP contribution < -0.4 is 4.48 Å². The van der Waals surface area contributed by atoms with Gasteiger partial charge in [0.1, 0.15) is 11.4 Å². The molecule has 1 aliphatic rings. The molecular formula is C10H14NO+. The van der Waals surface area contributed by atoms with Crippen molar-refractivity contribution in [2.75, 3.05) is 20.6 Å². The molecule has 2 rings (SSSR count). The second-order valence-electron chi connectivity index (χ2n) is 3.97. The van der Waals surface area contributed by atoms with E-state index in [0.717, 1.165) is 17.4 Å². The molecule has 64 valence electrons. The lowest BCUT2D eigenvalue weighted by molar-refractivity contribution is 0.428. The zero-order valence-corrected chi connectivity index (χ0v) is 7.54. The van der Waals surface area contributed by atoms with Crippen LogP contribution in [-0.4, -0.2) is 25.7 Å². The van der Waals surface area contributed by atoms with Crippen molar-refractivity contribution in [1.82, 2.24) is 4.48 Å². The van der Waals surface area contributed by atoms with E-state index >= 15 is 0 Å². The van der Waals surface area contributed by atoms with E-state index in [2.05, 4.69) is 14.1 Å². The van der Waals surface area contributed by atoms with Crippen LogP contribution in [0.15, 0.2) is 18.2 Å². The molecule has 0 atom stereocenters. The average molecular weight is 164 g/mol. The van der Waals surface area contributed by atoms with Crippen LogP contribution >= 0.6 is 0 Å². The quantitative estimate of drug-likeness (QED) is 0.576. The summed E-state index contributed by atoms with van der Waals surface area (Å²) in [5.41, 5.74) is 2.63. The van der Waals surface area contributed by atoms with Crippen LogP contribution in [-0.2, 0) is 6.42 Å². The molecular weight excluding hydrogens is 150 g/mol. The molecule has 2 heteroatoms. The molecule has 0 saturated carbocycles. The Bertz CT molecular complexity index is 318. The van der Waals surface area contributed by atoms with Crippen LogP contribution in [0.4, 0.5) is 5.69 Å². The number of likely N-dealkylation sites (N-methyl/N-ethyl adjacent to an activating group) is 1. The second-order valence-corrected chi connectivity index (χ2v) is 3.97. The number of nitrogens with zero attached hydrogens (tertiary/aromatic N) is 1. The Morgan fingerprint density at radius 2 is 2.08 bits per heavy atom. The van der Waals surface area contributed by atoms with Gasteiger partial charge in [-0.15, -0.1) is 0 Å². The molecule has 1 aromatic rings. The summed E-state index contributed by atoms with van der Waals surface area (Å²) in [6, 6.07) is 5.67. The van der Waals surface area contributed by atoms with E-state index in [-0.39, 0.29) is 0 Å². The molecule has 1 N–H and O–H groups in total. The summed E-state index contributed by atoms with van der Waals surface area (Å²) in [6.45, 7) is 1.14. The Hall–Kier alpha value is -1.02. The standard InChI is InChI=1S/C10H13NO/c1-11(2)6-5-8-3-4-9(12)7-10(8)11/h3-4,7H,5-6H2,1-2H3/p+1. The van der Waals surface area contributed by atoms with Crippen molar-refractivity contribution in [3.63, 3.8) is 0 Å². The third-order valence-electron chi connectivity index (χ3n) is 2.66. The number of phenolic OH excluding ortho intramolecular Hbond substituents is 1. The zero-order chi connectivity index (χ0) is 8.77. The third-order valence-corrected chi connectivity index (χ3v) is 2.66. The first-order valence-electron chi connectivity index (χ1n) is 4.25. The smallest absolute Gasteiger partial charge is 0.139 e. The summed E-state index contributed by atoms with van der Waals surface area (Å²) >= 11 is 0. The Kier molecular flexibility index (Phi) is 1.42. The van der Waals surface area contributed by atoms with Gasteiger partial charge in [0.15, 0.2) is 0 Å². The van der Waals surface area contributed by atoms with Crippen LogP contribution in [0.1, 0.15) is 5.56 Å². The molecule has 12 heavy (non-hydrogen) atoms. The molecule has 1 aromatic carbocycles. The molecule has 0 fully saturated rings. The van der Waals surface area contributed by atoms with Gasteiger partial charge in [-0.3, -0.25) is 4.48 Å². The summed E-state index contributed by atoms with van der Waals surface area (Å²) in [5.74, 6) is 0.377. The summed E-state index contributed by atoms with van der Waals surface area (Å²) in [6.07, 6.45) is 1.13. The van der Waals surface area contributed by atoms with Gasteiger partial charge in [-0.25, -0.2) is 0 Å². The number of rotatable bonds is 0. The van der Waals surface area contributed by atoms with Crippen molar-refractivity contribution in [1.29, 1.82) is 0 Å². The van der Waals surface area contributed by atoms with E-state index < -0.39 is 0 Å². The lowest BCUT2D eigenvalue weighted by Crippen LogP contribution is -2.37. The predicted molar refractivity (Wildman–Crippen MR) is 50.3 cm³/mol. The van der Waals surface area contributed by atoms with E-state index in [1.165, 1.54) is 11.3 Å². The first-order valence-corrected chi connectivity index (χ1v) is 4.25. The highest BCUT2D eigenvalue weighted by Gasteiger charge is 2.29. The van der Waals surface area contributed by atoms with Gasteiger partial charge in [-0.2, -0.15) is 0 Å². The Morgan fingerprint density at radius 1 is 1.33 bits per heavy atom. The molecule has 0 spiro atoms. The number of hydrogen-bond acceptors (Lipinski definition) is 1. The highest BCUT2D eigenvalue weighted by molar-refractivity contribution is 5.56. The van der Waals surface area contributed by atoms with Crippen molar-refractivity contribution in [2.45, 2.75) is 6.42 Å². The lowest BCUT2D eigenvalue weighted by atomic mass is 10.1. The van der Waals surface area contributed by atoms with E-state index in [1.807, 2.05) is 12.1 Å². The van der Waals surface area contributed by atoms with Crippen molar-refractivity contribution in [3.8, 4) is 5.75 Å². The fourth-order valence-electron chi connectivity index (χ4n) is 1.85. The van der Waals surface area contributed by atoms with Crippen molar-refractivity contribution in [2.24, 2.45) is 0 Å². The van der Waals surface area contributed by atoms with Gasteiger partial charge in [0.25, 0.3) is 0 Å². The van der Waals surface area contributed by atoms with E-state index in [0.29, 0.717) is 5.75 Å². The van der Waals surface area contributed by atoms with Gasteiger partial charge in [-0.1, -0.05) is 0 Å². The minimum atomic E-state index is 0.377. The monoisotopic (exact) mass is 164 g/mol.